The molecule has 2 rings (SSSR count). The molecule has 0 fully saturated rings. The zero-order chi connectivity index (χ0) is 11.5. The number of aromatic carboxylic acids is 1. The van der Waals surface area contributed by atoms with E-state index in [0.29, 0.717) is 11.4 Å². The first kappa shape index (κ1) is 10.6. The fraction of sp³-hybridized carbons (Fsp3) is 0. The molecule has 0 spiro atoms. The average Bonchev–Trinajstić information content (AvgIpc) is 2.30. The Morgan fingerprint density at radius 1 is 1.25 bits per heavy atom. The first-order valence-electron chi connectivity index (χ1n) is 4.49. The van der Waals surface area contributed by atoms with Crippen LogP contribution in [0.1, 0.15) is 10.4 Å². The Labute approximate surface area is 96.6 Å². The van der Waals surface area contributed by atoms with Gasteiger partial charge in [0.05, 0.1) is 10.6 Å². The molecule has 0 bridgehead atoms. The zero-order valence-corrected chi connectivity index (χ0v) is 8.85. The summed E-state index contributed by atoms with van der Waals surface area (Å²) >= 11 is 5.76. The van der Waals surface area contributed by atoms with Gasteiger partial charge in [0.1, 0.15) is 0 Å². The van der Waals surface area contributed by atoms with Gasteiger partial charge in [0.15, 0.2) is 5.82 Å². The lowest BCUT2D eigenvalue weighted by molar-refractivity contribution is 0.0697. The van der Waals surface area contributed by atoms with Crippen molar-refractivity contribution in [3.8, 4) is 11.4 Å². The highest BCUT2D eigenvalue weighted by Gasteiger charge is 2.10. The largest absolute Gasteiger partial charge is 0.478 e. The Morgan fingerprint density at radius 2 is 1.94 bits per heavy atom. The predicted octanol–water partition coefficient (Wildman–Crippen LogP) is 2.50. The smallest absolute Gasteiger partial charge is 0.337 e. The van der Waals surface area contributed by atoms with Crippen LogP contribution in [0.25, 0.3) is 11.4 Å². The molecule has 0 saturated carbocycles. The molecule has 0 aliphatic heterocycles. The van der Waals surface area contributed by atoms with Gasteiger partial charge >= 0.3 is 5.97 Å². The number of halogens is 1. The number of carboxylic acid groups (broad SMARTS) is 1. The number of benzene rings is 1. The van der Waals surface area contributed by atoms with Crippen LogP contribution in [0, 0.1) is 0 Å². The van der Waals surface area contributed by atoms with Crippen LogP contribution in [0.3, 0.4) is 0 Å². The number of hydrogen-bond donors (Lipinski definition) is 1. The predicted molar refractivity (Wildman–Crippen MR) is 59.4 cm³/mol. The molecule has 1 heterocycles. The lowest BCUT2D eigenvalue weighted by Gasteiger charge is -2.02. The van der Waals surface area contributed by atoms with Crippen molar-refractivity contribution < 1.29 is 9.90 Å². The Bertz CT molecular complexity index is 529. The Morgan fingerprint density at radius 3 is 2.56 bits per heavy atom. The monoisotopic (exact) mass is 234 g/mol. The van der Waals surface area contributed by atoms with Crippen molar-refractivity contribution in [2.75, 3.05) is 0 Å². The molecule has 16 heavy (non-hydrogen) atoms. The Balaban J connectivity index is 2.52. The van der Waals surface area contributed by atoms with Crippen molar-refractivity contribution in [1.29, 1.82) is 0 Å². The van der Waals surface area contributed by atoms with Crippen molar-refractivity contribution in [3.63, 3.8) is 0 Å². The molecule has 2 aromatic rings. The quantitative estimate of drug-likeness (QED) is 0.867. The first-order chi connectivity index (χ1) is 7.68. The van der Waals surface area contributed by atoms with E-state index < -0.39 is 5.97 Å². The van der Waals surface area contributed by atoms with Crippen LogP contribution < -0.4 is 0 Å². The molecular weight excluding hydrogens is 228 g/mol. The summed E-state index contributed by atoms with van der Waals surface area (Å²) in [6.07, 6.45) is 3.19. The van der Waals surface area contributed by atoms with Crippen LogP contribution in [0.4, 0.5) is 0 Å². The molecule has 0 aliphatic rings. The van der Waals surface area contributed by atoms with Gasteiger partial charge in [-0.05, 0) is 24.3 Å². The van der Waals surface area contributed by atoms with Crippen LogP contribution >= 0.6 is 11.6 Å². The van der Waals surface area contributed by atoms with Gasteiger partial charge in [-0.25, -0.2) is 14.8 Å². The van der Waals surface area contributed by atoms with Crippen molar-refractivity contribution in [2.24, 2.45) is 0 Å². The molecular formula is C11H7ClN2O2. The number of carbonyl (C=O) groups is 1. The molecule has 4 nitrogen and oxygen atoms in total. The second kappa shape index (κ2) is 4.28. The van der Waals surface area contributed by atoms with Gasteiger partial charge in [0, 0.05) is 18.0 Å². The molecule has 0 saturated heterocycles. The van der Waals surface area contributed by atoms with Gasteiger partial charge in [-0.15, -0.1) is 0 Å². The maximum Gasteiger partial charge on any atom is 0.337 e. The van der Waals surface area contributed by atoms with Crippen molar-refractivity contribution in [2.45, 2.75) is 0 Å². The van der Waals surface area contributed by atoms with E-state index in [-0.39, 0.29) is 10.6 Å². The second-order valence-electron chi connectivity index (χ2n) is 3.07. The van der Waals surface area contributed by atoms with Crippen LogP contribution in [-0.4, -0.2) is 21.0 Å². The van der Waals surface area contributed by atoms with Crippen molar-refractivity contribution in [3.05, 3.63) is 47.2 Å². The molecule has 0 atom stereocenters. The van der Waals surface area contributed by atoms with E-state index in [1.54, 1.807) is 24.5 Å². The molecule has 0 radical (unpaired) electrons. The molecule has 1 N–H and O–H groups in total. The second-order valence-corrected chi connectivity index (χ2v) is 3.48. The third-order valence-electron chi connectivity index (χ3n) is 2.02. The first-order valence-corrected chi connectivity index (χ1v) is 4.86. The van der Waals surface area contributed by atoms with E-state index >= 15 is 0 Å². The summed E-state index contributed by atoms with van der Waals surface area (Å²) in [6, 6.07) is 6.36. The molecule has 80 valence electrons. The van der Waals surface area contributed by atoms with Gasteiger partial charge in [-0.3, -0.25) is 0 Å². The summed E-state index contributed by atoms with van der Waals surface area (Å²) in [5, 5.41) is 9.11. The standard InChI is InChI=1S/C11H7ClN2O2/c12-9-3-2-7(6-8(9)11(15)16)10-13-4-1-5-14-10/h1-6H,(H,15,16). The highest BCUT2D eigenvalue weighted by atomic mass is 35.5. The summed E-state index contributed by atoms with van der Waals surface area (Å²) in [6.45, 7) is 0. The normalized spacial score (nSPS) is 10.1. The minimum Gasteiger partial charge on any atom is -0.478 e. The summed E-state index contributed by atoms with van der Waals surface area (Å²) in [4.78, 5) is 18.9. The van der Waals surface area contributed by atoms with Gasteiger partial charge in [0.2, 0.25) is 0 Å². The van der Waals surface area contributed by atoms with E-state index in [1.165, 1.54) is 12.1 Å². The summed E-state index contributed by atoms with van der Waals surface area (Å²) in [5.74, 6) is -0.593. The summed E-state index contributed by atoms with van der Waals surface area (Å²) in [7, 11) is 0. The van der Waals surface area contributed by atoms with Crippen LogP contribution in [0.5, 0.6) is 0 Å². The van der Waals surface area contributed by atoms with Gasteiger partial charge in [-0.2, -0.15) is 0 Å². The third kappa shape index (κ3) is 2.01. The molecule has 1 aromatic carbocycles. The van der Waals surface area contributed by atoms with Crippen molar-refractivity contribution in [1.82, 2.24) is 9.97 Å². The average molecular weight is 235 g/mol. The molecule has 0 amide bonds. The van der Waals surface area contributed by atoms with E-state index in [1.807, 2.05) is 0 Å². The lowest BCUT2D eigenvalue weighted by atomic mass is 10.1. The van der Waals surface area contributed by atoms with Gasteiger partial charge < -0.3 is 5.11 Å². The SMILES string of the molecule is O=C(O)c1cc(-c2ncccn2)ccc1Cl. The number of carboxylic acids is 1. The molecule has 0 unspecified atom stereocenters. The van der Waals surface area contributed by atoms with Crippen LogP contribution in [0.15, 0.2) is 36.7 Å². The fourth-order valence-electron chi connectivity index (χ4n) is 1.28. The summed E-state index contributed by atoms with van der Waals surface area (Å²) in [5.41, 5.74) is 0.675. The van der Waals surface area contributed by atoms with Crippen LogP contribution in [0.2, 0.25) is 5.02 Å². The maximum atomic E-state index is 10.9. The number of aromatic nitrogens is 2. The topological polar surface area (TPSA) is 63.1 Å². The number of nitrogens with zero attached hydrogens (tertiary/aromatic N) is 2. The lowest BCUT2D eigenvalue weighted by Crippen LogP contribution is -1.98. The highest BCUT2D eigenvalue weighted by molar-refractivity contribution is 6.33. The van der Waals surface area contributed by atoms with Crippen LogP contribution in [-0.2, 0) is 0 Å². The number of hydrogen-bond acceptors (Lipinski definition) is 3. The van der Waals surface area contributed by atoms with E-state index in [0.717, 1.165) is 0 Å². The maximum absolute atomic E-state index is 10.9. The Hall–Kier alpha value is -1.94. The highest BCUT2D eigenvalue weighted by Crippen LogP contribution is 2.22. The van der Waals surface area contributed by atoms with E-state index in [2.05, 4.69) is 9.97 Å². The fourth-order valence-corrected chi connectivity index (χ4v) is 1.47. The molecule has 0 aliphatic carbocycles. The van der Waals surface area contributed by atoms with E-state index in [9.17, 15) is 4.79 Å². The summed E-state index contributed by atoms with van der Waals surface area (Å²) < 4.78 is 0. The minimum absolute atomic E-state index is 0.0478. The van der Waals surface area contributed by atoms with E-state index in [4.69, 9.17) is 16.7 Å². The zero-order valence-electron chi connectivity index (χ0n) is 8.09. The van der Waals surface area contributed by atoms with Gasteiger partial charge in [-0.1, -0.05) is 11.6 Å². The number of rotatable bonds is 2. The molecule has 5 heteroatoms. The van der Waals surface area contributed by atoms with Gasteiger partial charge in [0.25, 0.3) is 0 Å². The third-order valence-corrected chi connectivity index (χ3v) is 2.35. The molecule has 1 aromatic heterocycles. The van der Waals surface area contributed by atoms with Crippen molar-refractivity contribution >= 4 is 17.6 Å². The minimum atomic E-state index is -1.07. The Kier molecular flexibility index (Phi) is 2.83.